The van der Waals surface area contributed by atoms with E-state index in [-0.39, 0.29) is 6.79 Å². The summed E-state index contributed by atoms with van der Waals surface area (Å²) >= 11 is 0. The Bertz CT molecular complexity index is 1040. The van der Waals surface area contributed by atoms with Crippen molar-refractivity contribution in [3.05, 3.63) is 101 Å². The average Bonchev–Trinajstić information content (AvgIpc) is 2.89. The third kappa shape index (κ3) is 6.18. The number of rotatable bonds is 13. The molecule has 4 nitrogen and oxygen atoms in total. The third-order valence-electron chi connectivity index (χ3n) is 7.52. The van der Waals surface area contributed by atoms with E-state index in [1.54, 1.807) is 0 Å². The predicted octanol–water partition coefficient (Wildman–Crippen LogP) is 8.04. The first kappa shape index (κ1) is 29.1. The first-order valence-corrected chi connectivity index (χ1v) is 15.6. The summed E-state index contributed by atoms with van der Waals surface area (Å²) in [4.78, 5) is 0. The highest BCUT2D eigenvalue weighted by Crippen LogP contribution is 2.44. The summed E-state index contributed by atoms with van der Waals surface area (Å²) in [7, 11) is -2.03. The van der Waals surface area contributed by atoms with Gasteiger partial charge in [0.25, 0.3) is 0 Å². The van der Waals surface area contributed by atoms with Crippen molar-refractivity contribution in [1.82, 2.24) is 0 Å². The molecule has 200 valence electrons. The minimum atomic E-state index is -2.03. The summed E-state index contributed by atoms with van der Waals surface area (Å²) in [6, 6.07) is 25.5. The molecule has 37 heavy (non-hydrogen) atoms. The maximum atomic E-state index is 12.4. The second-order valence-corrected chi connectivity index (χ2v) is 16.1. The molecule has 0 radical (unpaired) electrons. The lowest BCUT2D eigenvalue weighted by atomic mass is 9.79. The van der Waals surface area contributed by atoms with Crippen LogP contribution in [0.5, 0.6) is 5.75 Å². The Kier molecular flexibility index (Phi) is 10.1. The summed E-state index contributed by atoms with van der Waals surface area (Å²) in [5.74, 6) is 0.593. The molecule has 3 aromatic carbocycles. The first-order valence-electron chi connectivity index (χ1n) is 13.5. The molecule has 0 fully saturated rings. The molecule has 0 aliphatic heterocycles. The number of aliphatic hydroxyl groups is 1. The van der Waals surface area contributed by atoms with Gasteiger partial charge in [-0.3, -0.25) is 0 Å². The highest BCUT2D eigenvalue weighted by molar-refractivity contribution is 6.77. The highest BCUT2D eigenvalue weighted by atomic mass is 28.4. The second-order valence-electron chi connectivity index (χ2n) is 10.6. The first-order chi connectivity index (χ1) is 17.7. The summed E-state index contributed by atoms with van der Waals surface area (Å²) in [5, 5.41) is 12.4. The molecular formula is C32H44O4Si. The van der Waals surface area contributed by atoms with Crippen molar-refractivity contribution < 1.29 is 19.0 Å². The van der Waals surface area contributed by atoms with Crippen LogP contribution >= 0.6 is 0 Å². The Morgan fingerprint density at radius 3 is 1.73 bits per heavy atom. The minimum absolute atomic E-state index is 0.107. The maximum Gasteiger partial charge on any atom is 0.200 e. The van der Waals surface area contributed by atoms with Gasteiger partial charge in [-0.15, -0.1) is 0 Å². The van der Waals surface area contributed by atoms with Crippen molar-refractivity contribution in [3.63, 3.8) is 0 Å². The van der Waals surface area contributed by atoms with Crippen molar-refractivity contribution >= 4 is 8.32 Å². The van der Waals surface area contributed by atoms with E-state index >= 15 is 0 Å². The smallest absolute Gasteiger partial charge is 0.200 e. The Labute approximate surface area is 224 Å². The van der Waals surface area contributed by atoms with Gasteiger partial charge in [0.15, 0.2) is 6.79 Å². The second kappa shape index (κ2) is 12.9. The van der Waals surface area contributed by atoms with Gasteiger partial charge in [-0.1, -0.05) is 114 Å². The van der Waals surface area contributed by atoms with Crippen molar-refractivity contribution in [1.29, 1.82) is 0 Å². The molecule has 1 N–H and O–H groups in total. The highest BCUT2D eigenvalue weighted by Gasteiger charge is 2.45. The van der Waals surface area contributed by atoms with E-state index in [1.165, 1.54) is 0 Å². The van der Waals surface area contributed by atoms with Gasteiger partial charge >= 0.3 is 0 Å². The molecular weight excluding hydrogens is 476 g/mol. The normalized spacial score (nSPS) is 12.5. The Morgan fingerprint density at radius 2 is 1.27 bits per heavy atom. The van der Waals surface area contributed by atoms with Crippen LogP contribution in [0, 0.1) is 0 Å². The van der Waals surface area contributed by atoms with Crippen molar-refractivity contribution in [3.8, 4) is 5.75 Å². The fourth-order valence-electron chi connectivity index (χ4n) is 5.81. The van der Waals surface area contributed by atoms with E-state index in [1.807, 2.05) is 79.7 Å². The van der Waals surface area contributed by atoms with E-state index in [0.29, 0.717) is 41.2 Å². The molecule has 0 aliphatic carbocycles. The lowest BCUT2D eigenvalue weighted by Crippen LogP contribution is -2.47. The fraction of sp³-hybridized carbons (Fsp3) is 0.438. The van der Waals surface area contributed by atoms with E-state index < -0.39 is 13.9 Å². The van der Waals surface area contributed by atoms with Crippen molar-refractivity contribution in [2.24, 2.45) is 0 Å². The van der Waals surface area contributed by atoms with Crippen LogP contribution in [-0.4, -0.2) is 26.8 Å². The Hall–Kier alpha value is -2.44. The van der Waals surface area contributed by atoms with Gasteiger partial charge < -0.3 is 19.0 Å². The molecule has 0 atom stereocenters. The van der Waals surface area contributed by atoms with Crippen LogP contribution in [0.1, 0.15) is 70.7 Å². The van der Waals surface area contributed by atoms with Crippen LogP contribution in [-0.2, 0) is 21.4 Å². The van der Waals surface area contributed by atoms with Gasteiger partial charge in [-0.05, 0) is 46.3 Å². The Balaban J connectivity index is 2.09. The van der Waals surface area contributed by atoms with Crippen LogP contribution in [0.3, 0.4) is 0 Å². The molecule has 0 saturated heterocycles. The largest absolute Gasteiger partial charge is 0.467 e. The quantitative estimate of drug-likeness (QED) is 0.107. The lowest BCUT2D eigenvalue weighted by Gasteiger charge is -2.42. The van der Waals surface area contributed by atoms with E-state index in [2.05, 4.69) is 47.6 Å². The van der Waals surface area contributed by atoms with Crippen LogP contribution in [0.15, 0.2) is 78.9 Å². The van der Waals surface area contributed by atoms with Gasteiger partial charge in [0.2, 0.25) is 8.32 Å². The fourth-order valence-corrected chi connectivity index (χ4v) is 11.2. The van der Waals surface area contributed by atoms with Crippen LogP contribution in [0.2, 0.25) is 16.6 Å². The van der Waals surface area contributed by atoms with Gasteiger partial charge in [-0.25, -0.2) is 0 Å². The molecule has 0 unspecified atom stereocenters. The molecule has 0 spiro atoms. The van der Waals surface area contributed by atoms with Crippen molar-refractivity contribution in [2.75, 3.05) is 13.4 Å². The number of hydrogen-bond acceptors (Lipinski definition) is 4. The molecule has 3 aromatic rings. The number of benzene rings is 3. The monoisotopic (exact) mass is 520 g/mol. The van der Waals surface area contributed by atoms with E-state index in [0.717, 1.165) is 16.7 Å². The summed E-state index contributed by atoms with van der Waals surface area (Å²) in [5.41, 5.74) is 3.36. The lowest BCUT2D eigenvalue weighted by molar-refractivity contribution is 0.0187. The summed E-state index contributed by atoms with van der Waals surface area (Å²) < 4.78 is 18.6. The van der Waals surface area contributed by atoms with Crippen LogP contribution < -0.4 is 4.74 Å². The third-order valence-corrected chi connectivity index (χ3v) is 13.6. The molecule has 0 saturated carbocycles. The SMILES string of the molecule is CCOCOc1cc(CO[Si](C(C)C)(C(C)C)C(C)C)ccc1C(O)(c1ccccc1)c1ccccc1. The molecule has 0 amide bonds. The zero-order valence-corrected chi connectivity index (χ0v) is 24.5. The molecule has 3 rings (SSSR count). The van der Waals surface area contributed by atoms with Crippen molar-refractivity contribution in [2.45, 2.75) is 77.3 Å². The average molecular weight is 521 g/mol. The summed E-state index contributed by atoms with van der Waals surface area (Å²) in [6.45, 7) is 16.9. The Morgan fingerprint density at radius 1 is 0.757 bits per heavy atom. The van der Waals surface area contributed by atoms with Gasteiger partial charge in [0, 0.05) is 12.2 Å². The van der Waals surface area contributed by atoms with Crippen LogP contribution in [0.25, 0.3) is 0 Å². The van der Waals surface area contributed by atoms with Gasteiger partial charge in [0.05, 0.1) is 6.61 Å². The zero-order chi connectivity index (χ0) is 27.1. The maximum absolute atomic E-state index is 12.4. The van der Waals surface area contributed by atoms with Gasteiger partial charge in [0.1, 0.15) is 11.4 Å². The molecule has 5 heteroatoms. The van der Waals surface area contributed by atoms with Gasteiger partial charge in [-0.2, -0.15) is 0 Å². The molecule has 0 aliphatic rings. The standard InChI is InChI=1S/C32H44O4Si/c1-8-34-23-35-31-21-27(22-36-37(24(2)3,25(4)5)26(6)7)19-20-30(31)32(33,28-15-11-9-12-16-28)29-17-13-10-14-18-29/h9-21,24-26,33H,8,22-23H2,1-7H3. The topological polar surface area (TPSA) is 47.9 Å². The number of ether oxygens (including phenoxy) is 2. The molecule has 0 aromatic heterocycles. The number of hydrogen-bond donors (Lipinski definition) is 1. The molecule has 0 bridgehead atoms. The minimum Gasteiger partial charge on any atom is -0.467 e. The van der Waals surface area contributed by atoms with E-state index in [4.69, 9.17) is 13.9 Å². The predicted molar refractivity (Wildman–Crippen MR) is 154 cm³/mol. The van der Waals surface area contributed by atoms with E-state index in [9.17, 15) is 5.11 Å². The van der Waals surface area contributed by atoms with Crippen LogP contribution in [0.4, 0.5) is 0 Å². The zero-order valence-electron chi connectivity index (χ0n) is 23.5. The summed E-state index contributed by atoms with van der Waals surface area (Å²) in [6.07, 6.45) is 0. The molecule has 0 heterocycles.